The molecule has 0 radical (unpaired) electrons. The number of hydrogen-bond acceptors (Lipinski definition) is 2. The SMILES string of the molecule is CCC(NC(C)C(C)(C)OC)c1cccc(Cl)c1. The molecule has 0 spiro atoms. The Bertz CT molecular complexity index is 379. The fourth-order valence-electron chi connectivity index (χ4n) is 1.85. The van der Waals surface area contributed by atoms with Crippen LogP contribution in [0.1, 0.15) is 45.7 Å². The molecular weight excluding hydrogens is 246 g/mol. The lowest BCUT2D eigenvalue weighted by atomic mass is 9.96. The summed E-state index contributed by atoms with van der Waals surface area (Å²) < 4.78 is 5.52. The largest absolute Gasteiger partial charge is 0.377 e. The van der Waals surface area contributed by atoms with Crippen molar-refractivity contribution in [1.29, 1.82) is 0 Å². The van der Waals surface area contributed by atoms with Crippen LogP contribution in [0.2, 0.25) is 5.02 Å². The van der Waals surface area contributed by atoms with Crippen LogP contribution in [-0.2, 0) is 4.74 Å². The minimum Gasteiger partial charge on any atom is -0.377 e. The third-order valence-electron chi connectivity index (χ3n) is 3.68. The quantitative estimate of drug-likeness (QED) is 0.836. The molecule has 1 N–H and O–H groups in total. The van der Waals surface area contributed by atoms with Crippen molar-refractivity contribution in [2.75, 3.05) is 7.11 Å². The van der Waals surface area contributed by atoms with E-state index in [4.69, 9.17) is 16.3 Å². The van der Waals surface area contributed by atoms with Crippen LogP contribution in [-0.4, -0.2) is 18.8 Å². The van der Waals surface area contributed by atoms with Gasteiger partial charge in [-0.15, -0.1) is 0 Å². The van der Waals surface area contributed by atoms with E-state index >= 15 is 0 Å². The first-order chi connectivity index (χ1) is 8.40. The van der Waals surface area contributed by atoms with E-state index in [0.29, 0.717) is 6.04 Å². The van der Waals surface area contributed by atoms with Crippen LogP contribution in [0.25, 0.3) is 0 Å². The smallest absolute Gasteiger partial charge is 0.0772 e. The monoisotopic (exact) mass is 269 g/mol. The highest BCUT2D eigenvalue weighted by atomic mass is 35.5. The van der Waals surface area contributed by atoms with Crippen molar-refractivity contribution in [2.45, 2.75) is 51.8 Å². The molecule has 2 unspecified atom stereocenters. The molecule has 1 rings (SSSR count). The minimum atomic E-state index is -0.188. The second kappa shape index (κ2) is 6.55. The molecule has 2 nitrogen and oxygen atoms in total. The number of halogens is 1. The van der Waals surface area contributed by atoms with Gasteiger partial charge in [-0.05, 0) is 44.9 Å². The standard InChI is InChI=1S/C15H24ClNO/c1-6-14(12-8-7-9-13(16)10-12)17-11(2)15(3,4)18-5/h7-11,14,17H,6H2,1-5H3. The van der Waals surface area contributed by atoms with Gasteiger partial charge in [-0.2, -0.15) is 0 Å². The molecule has 0 aromatic heterocycles. The van der Waals surface area contributed by atoms with Gasteiger partial charge in [0.25, 0.3) is 0 Å². The Balaban J connectivity index is 2.80. The Morgan fingerprint density at radius 2 is 2.06 bits per heavy atom. The first-order valence-corrected chi connectivity index (χ1v) is 6.85. The van der Waals surface area contributed by atoms with Gasteiger partial charge in [0.1, 0.15) is 0 Å². The second-order valence-electron chi connectivity index (χ2n) is 5.21. The molecule has 102 valence electrons. The summed E-state index contributed by atoms with van der Waals surface area (Å²) >= 11 is 6.05. The average molecular weight is 270 g/mol. The lowest BCUT2D eigenvalue weighted by Gasteiger charge is -2.34. The Morgan fingerprint density at radius 3 is 2.56 bits per heavy atom. The molecule has 3 heteroatoms. The maximum Gasteiger partial charge on any atom is 0.0772 e. The summed E-state index contributed by atoms with van der Waals surface area (Å²) in [6.07, 6.45) is 1.02. The summed E-state index contributed by atoms with van der Waals surface area (Å²) in [5, 5.41) is 4.40. The second-order valence-corrected chi connectivity index (χ2v) is 5.65. The Morgan fingerprint density at radius 1 is 1.39 bits per heavy atom. The van der Waals surface area contributed by atoms with Gasteiger partial charge >= 0.3 is 0 Å². The molecule has 0 bridgehead atoms. The highest BCUT2D eigenvalue weighted by molar-refractivity contribution is 6.30. The van der Waals surface area contributed by atoms with Crippen molar-refractivity contribution in [3.05, 3.63) is 34.9 Å². The minimum absolute atomic E-state index is 0.188. The lowest BCUT2D eigenvalue weighted by molar-refractivity contribution is -0.00833. The fourth-order valence-corrected chi connectivity index (χ4v) is 2.05. The topological polar surface area (TPSA) is 21.3 Å². The van der Waals surface area contributed by atoms with Crippen molar-refractivity contribution in [3.63, 3.8) is 0 Å². The molecule has 0 amide bonds. The van der Waals surface area contributed by atoms with Gasteiger partial charge in [-0.25, -0.2) is 0 Å². The van der Waals surface area contributed by atoms with E-state index in [-0.39, 0.29) is 11.6 Å². The van der Waals surface area contributed by atoms with E-state index in [2.05, 4.69) is 39.1 Å². The predicted octanol–water partition coefficient (Wildman–Crippen LogP) is 4.19. The van der Waals surface area contributed by atoms with E-state index in [9.17, 15) is 0 Å². The number of benzene rings is 1. The number of ether oxygens (including phenoxy) is 1. The van der Waals surface area contributed by atoms with Gasteiger partial charge in [0.15, 0.2) is 0 Å². The molecule has 0 saturated carbocycles. The zero-order valence-corrected chi connectivity index (χ0v) is 12.7. The van der Waals surface area contributed by atoms with Crippen LogP contribution in [0.3, 0.4) is 0 Å². The van der Waals surface area contributed by atoms with Crippen molar-refractivity contribution in [2.24, 2.45) is 0 Å². The zero-order valence-electron chi connectivity index (χ0n) is 12.0. The summed E-state index contributed by atoms with van der Waals surface area (Å²) in [4.78, 5) is 0. The van der Waals surface area contributed by atoms with Crippen molar-refractivity contribution >= 4 is 11.6 Å². The summed E-state index contributed by atoms with van der Waals surface area (Å²) in [5.41, 5.74) is 1.04. The molecule has 18 heavy (non-hydrogen) atoms. The first kappa shape index (κ1) is 15.5. The van der Waals surface area contributed by atoms with E-state index in [1.54, 1.807) is 7.11 Å². The summed E-state index contributed by atoms with van der Waals surface area (Å²) in [6.45, 7) is 8.51. The normalized spacial score (nSPS) is 15.4. The van der Waals surface area contributed by atoms with E-state index in [1.165, 1.54) is 5.56 Å². The molecule has 0 aliphatic carbocycles. The van der Waals surface area contributed by atoms with E-state index < -0.39 is 0 Å². The van der Waals surface area contributed by atoms with E-state index in [1.807, 2.05) is 18.2 Å². The molecule has 0 saturated heterocycles. The Labute approximate surface area is 116 Å². The van der Waals surface area contributed by atoms with Gasteiger partial charge in [0.2, 0.25) is 0 Å². The number of rotatable bonds is 6. The molecule has 0 heterocycles. The molecule has 2 atom stereocenters. The molecular formula is C15H24ClNO. The van der Waals surface area contributed by atoms with Crippen LogP contribution >= 0.6 is 11.6 Å². The van der Waals surface area contributed by atoms with Gasteiger partial charge < -0.3 is 10.1 Å². The zero-order chi connectivity index (χ0) is 13.8. The van der Waals surface area contributed by atoms with Crippen LogP contribution < -0.4 is 5.32 Å². The highest BCUT2D eigenvalue weighted by Crippen LogP contribution is 2.23. The Hall–Kier alpha value is -0.570. The summed E-state index contributed by atoms with van der Waals surface area (Å²) in [5.74, 6) is 0. The van der Waals surface area contributed by atoms with Crippen LogP contribution in [0.5, 0.6) is 0 Å². The predicted molar refractivity (Wildman–Crippen MR) is 78.2 cm³/mol. The maximum absolute atomic E-state index is 6.05. The van der Waals surface area contributed by atoms with Gasteiger partial charge in [-0.1, -0.05) is 30.7 Å². The highest BCUT2D eigenvalue weighted by Gasteiger charge is 2.27. The van der Waals surface area contributed by atoms with Crippen LogP contribution in [0.4, 0.5) is 0 Å². The van der Waals surface area contributed by atoms with Crippen LogP contribution in [0, 0.1) is 0 Å². The van der Waals surface area contributed by atoms with Crippen molar-refractivity contribution in [1.82, 2.24) is 5.32 Å². The Kier molecular flexibility index (Phi) is 5.64. The number of hydrogen-bond donors (Lipinski definition) is 1. The average Bonchev–Trinajstić information content (AvgIpc) is 2.35. The number of methoxy groups -OCH3 is 1. The van der Waals surface area contributed by atoms with Gasteiger partial charge in [0, 0.05) is 24.2 Å². The third-order valence-corrected chi connectivity index (χ3v) is 3.91. The molecule has 1 aromatic rings. The molecule has 0 fully saturated rings. The summed E-state index contributed by atoms with van der Waals surface area (Å²) in [6, 6.07) is 8.59. The van der Waals surface area contributed by atoms with Crippen LogP contribution in [0.15, 0.2) is 24.3 Å². The van der Waals surface area contributed by atoms with Gasteiger partial charge in [-0.3, -0.25) is 0 Å². The number of nitrogens with one attached hydrogen (secondary N) is 1. The third kappa shape index (κ3) is 3.98. The van der Waals surface area contributed by atoms with E-state index in [0.717, 1.165) is 11.4 Å². The molecule has 1 aromatic carbocycles. The first-order valence-electron chi connectivity index (χ1n) is 6.47. The van der Waals surface area contributed by atoms with Gasteiger partial charge in [0.05, 0.1) is 5.60 Å². The molecule has 0 aliphatic heterocycles. The van der Waals surface area contributed by atoms with Crippen molar-refractivity contribution in [3.8, 4) is 0 Å². The lowest BCUT2D eigenvalue weighted by Crippen LogP contribution is -2.47. The fraction of sp³-hybridized carbons (Fsp3) is 0.600. The summed E-state index contributed by atoms with van der Waals surface area (Å²) in [7, 11) is 1.75. The maximum atomic E-state index is 6.05. The van der Waals surface area contributed by atoms with Crippen molar-refractivity contribution < 1.29 is 4.74 Å². The molecule has 0 aliphatic rings.